The van der Waals surface area contributed by atoms with E-state index in [4.69, 9.17) is 10.0 Å². The summed E-state index contributed by atoms with van der Waals surface area (Å²) in [5, 5.41) is 24.0. The SMILES string of the molecule is O=[N+]([O-])c1ccccc1.O[B]O. The van der Waals surface area contributed by atoms with Crippen LogP contribution in [0.2, 0.25) is 0 Å². The van der Waals surface area contributed by atoms with Gasteiger partial charge in [-0.2, -0.15) is 0 Å². The fourth-order valence-corrected chi connectivity index (χ4v) is 0.550. The van der Waals surface area contributed by atoms with Crippen molar-refractivity contribution in [1.82, 2.24) is 0 Å². The summed E-state index contributed by atoms with van der Waals surface area (Å²) in [4.78, 5) is 9.59. The molecule has 1 rings (SSSR count). The van der Waals surface area contributed by atoms with Crippen molar-refractivity contribution in [3.8, 4) is 0 Å². The van der Waals surface area contributed by atoms with E-state index >= 15 is 0 Å². The predicted molar refractivity (Wildman–Crippen MR) is 43.3 cm³/mol. The second kappa shape index (κ2) is 6.32. The smallest absolute Gasteiger partial charge is 0.429 e. The summed E-state index contributed by atoms with van der Waals surface area (Å²) in [6.45, 7) is 0. The molecule has 1 aromatic rings. The minimum Gasteiger partial charge on any atom is -0.429 e. The third kappa shape index (κ3) is 4.43. The quantitative estimate of drug-likeness (QED) is 0.353. The first-order valence-electron chi connectivity index (χ1n) is 3.02. The van der Waals surface area contributed by atoms with E-state index in [2.05, 4.69) is 0 Å². The number of hydrogen-bond acceptors (Lipinski definition) is 4. The summed E-state index contributed by atoms with van der Waals surface area (Å²) in [5.41, 5.74) is 0.137. The van der Waals surface area contributed by atoms with Gasteiger partial charge in [-0.05, 0) is 0 Å². The molecule has 1 aromatic carbocycles. The molecule has 2 N–H and O–H groups in total. The molecule has 0 aliphatic rings. The Morgan fingerprint density at radius 1 is 1.25 bits per heavy atom. The van der Waals surface area contributed by atoms with E-state index in [1.54, 1.807) is 18.2 Å². The van der Waals surface area contributed by atoms with Gasteiger partial charge in [0, 0.05) is 12.1 Å². The number of nitro benzene ring substituents is 1. The Kier molecular flexibility index (Phi) is 5.59. The Hall–Kier alpha value is -1.40. The number of rotatable bonds is 1. The highest BCUT2D eigenvalue weighted by Crippen LogP contribution is 2.06. The van der Waals surface area contributed by atoms with Crippen molar-refractivity contribution in [2.24, 2.45) is 0 Å². The fraction of sp³-hybridized carbons (Fsp3) is 0. The fourth-order valence-electron chi connectivity index (χ4n) is 0.550. The van der Waals surface area contributed by atoms with Crippen LogP contribution >= 0.6 is 0 Å². The van der Waals surface area contributed by atoms with Gasteiger partial charge in [0.25, 0.3) is 5.69 Å². The van der Waals surface area contributed by atoms with Gasteiger partial charge in [0.15, 0.2) is 0 Å². The van der Waals surface area contributed by atoms with Gasteiger partial charge in [0.1, 0.15) is 0 Å². The van der Waals surface area contributed by atoms with Crippen molar-refractivity contribution in [1.29, 1.82) is 0 Å². The van der Waals surface area contributed by atoms with Crippen molar-refractivity contribution in [2.75, 3.05) is 0 Å². The molecule has 0 unspecified atom stereocenters. The first-order valence-corrected chi connectivity index (χ1v) is 3.02. The summed E-state index contributed by atoms with van der Waals surface area (Å²) in [6, 6.07) is 7.93. The van der Waals surface area contributed by atoms with E-state index in [-0.39, 0.29) is 13.4 Å². The average molecular weight is 168 g/mol. The van der Waals surface area contributed by atoms with Crippen LogP contribution in [0.5, 0.6) is 0 Å². The summed E-state index contributed by atoms with van der Waals surface area (Å²) >= 11 is 0. The summed E-state index contributed by atoms with van der Waals surface area (Å²) in [7, 11) is 0. The lowest BCUT2D eigenvalue weighted by atomic mass is 10.3. The van der Waals surface area contributed by atoms with Crippen LogP contribution in [0.25, 0.3) is 0 Å². The topological polar surface area (TPSA) is 83.6 Å². The minimum absolute atomic E-state index is 0. The highest BCUT2D eigenvalue weighted by molar-refractivity contribution is 6.13. The maximum Gasteiger partial charge on any atom is 0.482 e. The Morgan fingerprint density at radius 3 is 1.92 bits per heavy atom. The molecular weight excluding hydrogens is 161 g/mol. The number of hydrogen-bond donors (Lipinski definition) is 2. The molecule has 0 bridgehead atoms. The second-order valence-electron chi connectivity index (χ2n) is 1.71. The number of nitrogens with zero attached hydrogens (tertiary/aromatic N) is 1. The van der Waals surface area contributed by atoms with Crippen LogP contribution in [-0.4, -0.2) is 22.7 Å². The van der Waals surface area contributed by atoms with Crippen LogP contribution in [0.4, 0.5) is 5.69 Å². The molecule has 5 nitrogen and oxygen atoms in total. The van der Waals surface area contributed by atoms with E-state index in [1.807, 2.05) is 0 Å². The molecule has 0 spiro atoms. The van der Waals surface area contributed by atoms with Gasteiger partial charge in [-0.1, -0.05) is 18.2 Å². The van der Waals surface area contributed by atoms with Gasteiger partial charge in [-0.3, -0.25) is 10.1 Å². The van der Waals surface area contributed by atoms with Crippen molar-refractivity contribution in [3.63, 3.8) is 0 Å². The van der Waals surface area contributed by atoms with E-state index in [9.17, 15) is 10.1 Å². The maximum absolute atomic E-state index is 10.0. The van der Waals surface area contributed by atoms with Crippen molar-refractivity contribution < 1.29 is 15.0 Å². The van der Waals surface area contributed by atoms with Crippen LogP contribution < -0.4 is 0 Å². The monoisotopic (exact) mass is 168 g/mol. The van der Waals surface area contributed by atoms with Gasteiger partial charge in [0.2, 0.25) is 0 Å². The van der Waals surface area contributed by atoms with Crippen LogP contribution in [0.1, 0.15) is 0 Å². The van der Waals surface area contributed by atoms with Crippen molar-refractivity contribution in [2.45, 2.75) is 0 Å². The molecule has 0 fully saturated rings. The van der Waals surface area contributed by atoms with E-state index < -0.39 is 4.92 Å². The zero-order valence-corrected chi connectivity index (χ0v) is 6.12. The Balaban J connectivity index is 0.000000354. The molecule has 0 heterocycles. The summed E-state index contributed by atoms with van der Waals surface area (Å²) < 4.78 is 0. The normalized spacial score (nSPS) is 7.83. The van der Waals surface area contributed by atoms with Crippen LogP contribution in [-0.2, 0) is 0 Å². The highest BCUT2D eigenvalue weighted by atomic mass is 16.6. The molecule has 12 heavy (non-hydrogen) atoms. The van der Waals surface area contributed by atoms with E-state index in [0.29, 0.717) is 0 Å². The summed E-state index contributed by atoms with van der Waals surface area (Å²) in [5.74, 6) is 0. The Labute approximate surface area is 69.7 Å². The van der Waals surface area contributed by atoms with Gasteiger partial charge >= 0.3 is 7.69 Å². The number of nitro groups is 1. The predicted octanol–water partition coefficient (Wildman–Crippen LogP) is 0.100. The van der Waals surface area contributed by atoms with Crippen LogP contribution in [0, 0.1) is 10.1 Å². The molecule has 6 heteroatoms. The zero-order valence-electron chi connectivity index (χ0n) is 6.12. The molecule has 0 atom stereocenters. The molecule has 0 aliphatic carbocycles. The molecule has 0 aromatic heterocycles. The molecule has 0 saturated heterocycles. The van der Waals surface area contributed by atoms with Gasteiger partial charge in [-0.15, -0.1) is 0 Å². The molecule has 0 amide bonds. The minimum atomic E-state index is -0.417. The first kappa shape index (κ1) is 10.6. The molecular formula is C6H7BNO4. The number of non-ortho nitro benzene ring substituents is 1. The average Bonchev–Trinajstić information content (AvgIpc) is 2.07. The largest absolute Gasteiger partial charge is 0.482 e. The van der Waals surface area contributed by atoms with Crippen LogP contribution in [0.3, 0.4) is 0 Å². The molecule has 0 aliphatic heterocycles. The third-order valence-electron chi connectivity index (χ3n) is 0.967. The zero-order chi connectivity index (χ0) is 9.40. The highest BCUT2D eigenvalue weighted by Gasteiger charge is 1.98. The lowest BCUT2D eigenvalue weighted by Gasteiger charge is -1.85. The lowest BCUT2D eigenvalue weighted by Crippen LogP contribution is -1.84. The van der Waals surface area contributed by atoms with Gasteiger partial charge in [-0.25, -0.2) is 0 Å². The van der Waals surface area contributed by atoms with E-state index in [0.717, 1.165) is 0 Å². The Morgan fingerprint density at radius 2 is 1.67 bits per heavy atom. The maximum atomic E-state index is 10.0. The number of para-hydroxylation sites is 1. The standard InChI is InChI=1S/C6H5NO2.BH2O2/c8-7(9)6-4-2-1-3-5-6;2-1-3/h1-5H;2-3H. The molecule has 63 valence electrons. The van der Waals surface area contributed by atoms with Gasteiger partial charge in [0.05, 0.1) is 4.92 Å². The van der Waals surface area contributed by atoms with E-state index in [1.165, 1.54) is 12.1 Å². The summed E-state index contributed by atoms with van der Waals surface area (Å²) in [6.07, 6.45) is 0. The molecule has 1 radical (unpaired) electrons. The molecule has 0 saturated carbocycles. The van der Waals surface area contributed by atoms with Crippen molar-refractivity contribution >= 4 is 13.4 Å². The lowest BCUT2D eigenvalue weighted by molar-refractivity contribution is -0.384. The van der Waals surface area contributed by atoms with Crippen LogP contribution in [0.15, 0.2) is 30.3 Å². The second-order valence-corrected chi connectivity index (χ2v) is 1.71. The van der Waals surface area contributed by atoms with Gasteiger partial charge < -0.3 is 10.0 Å². The van der Waals surface area contributed by atoms with Crippen molar-refractivity contribution in [3.05, 3.63) is 40.4 Å². The number of benzene rings is 1. The Bertz CT molecular complexity index is 228. The first-order chi connectivity index (χ1) is 5.72. The third-order valence-corrected chi connectivity index (χ3v) is 0.967.